The van der Waals surface area contributed by atoms with Gasteiger partial charge in [0.2, 0.25) is 10.0 Å². The van der Waals surface area contributed by atoms with Crippen molar-refractivity contribution in [2.45, 2.75) is 24.3 Å². The second kappa shape index (κ2) is 6.27. The molecule has 116 valence electrons. The highest BCUT2D eigenvalue weighted by Crippen LogP contribution is 2.30. The van der Waals surface area contributed by atoms with Gasteiger partial charge in [0, 0.05) is 31.3 Å². The van der Waals surface area contributed by atoms with Crippen molar-refractivity contribution in [3.05, 3.63) is 33.3 Å². The van der Waals surface area contributed by atoms with Gasteiger partial charge in [-0.1, -0.05) is 18.5 Å². The number of hydrogen-bond acceptors (Lipinski definition) is 5. The van der Waals surface area contributed by atoms with Crippen molar-refractivity contribution in [2.24, 2.45) is 0 Å². The number of nitro groups is 1. The number of nitrogens with zero attached hydrogens (tertiary/aromatic N) is 2. The topological polar surface area (TPSA) is 92.6 Å². The van der Waals surface area contributed by atoms with Crippen LogP contribution in [-0.2, 0) is 10.0 Å². The number of halogens is 1. The maximum Gasteiger partial charge on any atom is 0.271 e. The summed E-state index contributed by atoms with van der Waals surface area (Å²) < 4.78 is 26.8. The molecule has 1 aromatic rings. The second-order valence-corrected chi connectivity index (χ2v) is 6.99. The molecule has 1 aliphatic rings. The third-order valence-corrected chi connectivity index (χ3v) is 5.98. The predicted octanol–water partition coefficient (Wildman–Crippen LogP) is 1.62. The molecule has 1 fully saturated rings. The van der Waals surface area contributed by atoms with E-state index >= 15 is 0 Å². The minimum atomic E-state index is -3.77. The number of rotatable bonds is 5. The Hall–Kier alpha value is -1.22. The zero-order chi connectivity index (χ0) is 15.6. The molecule has 21 heavy (non-hydrogen) atoms. The summed E-state index contributed by atoms with van der Waals surface area (Å²) in [5, 5.41) is 13.7. The van der Waals surface area contributed by atoms with Gasteiger partial charge in [-0.05, 0) is 19.0 Å². The second-order valence-electron chi connectivity index (χ2n) is 4.73. The van der Waals surface area contributed by atoms with Crippen LogP contribution >= 0.6 is 11.6 Å². The molecule has 9 heteroatoms. The molecule has 2 rings (SSSR count). The minimum Gasteiger partial charge on any atom is -0.315 e. The maximum absolute atomic E-state index is 12.7. The third-order valence-electron chi connectivity index (χ3n) is 3.47. The Morgan fingerprint density at radius 3 is 2.71 bits per heavy atom. The van der Waals surface area contributed by atoms with Crippen LogP contribution < -0.4 is 5.32 Å². The first-order chi connectivity index (χ1) is 9.87. The van der Waals surface area contributed by atoms with Crippen LogP contribution in [0.15, 0.2) is 23.1 Å². The van der Waals surface area contributed by atoms with Crippen molar-refractivity contribution in [2.75, 3.05) is 19.6 Å². The molecule has 7 nitrogen and oxygen atoms in total. The lowest BCUT2D eigenvalue weighted by Crippen LogP contribution is -2.41. The van der Waals surface area contributed by atoms with Crippen molar-refractivity contribution in [1.82, 2.24) is 9.62 Å². The number of benzene rings is 1. The van der Waals surface area contributed by atoms with Crippen LogP contribution in [0, 0.1) is 10.1 Å². The van der Waals surface area contributed by atoms with Gasteiger partial charge in [-0.2, -0.15) is 4.31 Å². The smallest absolute Gasteiger partial charge is 0.271 e. The van der Waals surface area contributed by atoms with Gasteiger partial charge in [-0.15, -0.1) is 0 Å². The first-order valence-corrected chi connectivity index (χ1v) is 8.36. The Labute approximate surface area is 128 Å². The summed E-state index contributed by atoms with van der Waals surface area (Å²) in [6.07, 6.45) is 0.734. The Kier molecular flexibility index (Phi) is 4.82. The van der Waals surface area contributed by atoms with Gasteiger partial charge >= 0.3 is 0 Å². The van der Waals surface area contributed by atoms with Crippen LogP contribution in [0.1, 0.15) is 13.3 Å². The largest absolute Gasteiger partial charge is 0.315 e. The summed E-state index contributed by atoms with van der Waals surface area (Å²) >= 11 is 5.94. The molecule has 1 unspecified atom stereocenters. The highest BCUT2D eigenvalue weighted by molar-refractivity contribution is 7.89. The maximum atomic E-state index is 12.7. The molecule has 0 aromatic heterocycles. The quantitative estimate of drug-likeness (QED) is 0.653. The van der Waals surface area contributed by atoms with E-state index in [0.29, 0.717) is 13.1 Å². The number of nitro benzene ring substituents is 1. The molecule has 0 radical (unpaired) electrons. The highest BCUT2D eigenvalue weighted by atomic mass is 35.5. The summed E-state index contributed by atoms with van der Waals surface area (Å²) in [6.45, 7) is 3.44. The number of sulfonamides is 1. The third kappa shape index (κ3) is 3.18. The summed E-state index contributed by atoms with van der Waals surface area (Å²) in [5.74, 6) is 0. The Morgan fingerprint density at radius 2 is 2.24 bits per heavy atom. The molecule has 1 N–H and O–H groups in total. The fourth-order valence-electron chi connectivity index (χ4n) is 2.45. The monoisotopic (exact) mass is 333 g/mol. The highest BCUT2D eigenvalue weighted by Gasteiger charge is 2.33. The molecule has 1 saturated heterocycles. The number of non-ortho nitro benzene ring substituents is 1. The van der Waals surface area contributed by atoms with Crippen molar-refractivity contribution in [3.8, 4) is 0 Å². The van der Waals surface area contributed by atoms with Crippen molar-refractivity contribution < 1.29 is 13.3 Å². The summed E-state index contributed by atoms with van der Waals surface area (Å²) in [7, 11) is -3.77. The van der Waals surface area contributed by atoms with Crippen molar-refractivity contribution >= 4 is 27.3 Å². The average Bonchev–Trinajstić information content (AvgIpc) is 2.92. The molecule has 0 bridgehead atoms. The van der Waals surface area contributed by atoms with Gasteiger partial charge in [0.15, 0.2) is 0 Å². The van der Waals surface area contributed by atoms with Crippen LogP contribution in [0.2, 0.25) is 5.02 Å². The fourth-order valence-corrected chi connectivity index (χ4v) is 4.63. The van der Waals surface area contributed by atoms with E-state index in [0.717, 1.165) is 25.1 Å². The molecule has 1 heterocycles. The van der Waals surface area contributed by atoms with Crippen LogP contribution in [0.4, 0.5) is 5.69 Å². The molecule has 1 aromatic carbocycles. The van der Waals surface area contributed by atoms with Crippen molar-refractivity contribution in [1.29, 1.82) is 0 Å². The van der Waals surface area contributed by atoms with E-state index in [4.69, 9.17) is 11.6 Å². The molecule has 1 aliphatic heterocycles. The van der Waals surface area contributed by atoms with Gasteiger partial charge in [0.1, 0.15) is 4.90 Å². The molecular weight excluding hydrogens is 318 g/mol. The van der Waals surface area contributed by atoms with Crippen molar-refractivity contribution in [3.63, 3.8) is 0 Å². The number of hydrogen-bond donors (Lipinski definition) is 1. The SMILES string of the molecule is CCN(C1CCNC1)S(=O)(=O)c1ccc([N+](=O)[O-])cc1Cl. The normalized spacial score (nSPS) is 19.1. The molecule has 0 aliphatic carbocycles. The Balaban J connectivity index is 2.40. The van der Waals surface area contributed by atoms with E-state index in [2.05, 4.69) is 5.32 Å². The Morgan fingerprint density at radius 1 is 1.52 bits per heavy atom. The lowest BCUT2D eigenvalue weighted by molar-refractivity contribution is -0.384. The summed E-state index contributed by atoms with van der Waals surface area (Å²) in [5.41, 5.74) is -0.232. The lowest BCUT2D eigenvalue weighted by Gasteiger charge is -2.26. The van der Waals surface area contributed by atoms with E-state index in [-0.39, 0.29) is 21.6 Å². The Bertz CT molecular complexity index is 644. The first-order valence-electron chi connectivity index (χ1n) is 6.54. The summed E-state index contributed by atoms with van der Waals surface area (Å²) in [4.78, 5) is 9.99. The number of likely N-dealkylation sites (N-methyl/N-ethyl adjacent to an activating group) is 1. The van der Waals surface area contributed by atoms with E-state index in [1.165, 1.54) is 10.4 Å². The number of nitrogens with one attached hydrogen (secondary N) is 1. The van der Waals surface area contributed by atoms with Gasteiger partial charge < -0.3 is 5.32 Å². The average molecular weight is 334 g/mol. The molecule has 0 spiro atoms. The zero-order valence-electron chi connectivity index (χ0n) is 11.5. The first kappa shape index (κ1) is 16.2. The predicted molar refractivity (Wildman–Crippen MR) is 78.9 cm³/mol. The van der Waals surface area contributed by atoms with Crippen LogP contribution in [0.25, 0.3) is 0 Å². The van der Waals surface area contributed by atoms with Gasteiger partial charge in [0.25, 0.3) is 5.69 Å². The standard InChI is InChI=1S/C12H16ClN3O4S/c1-2-15(10-5-6-14-8-10)21(19,20)12-4-3-9(16(17)18)7-11(12)13/h3-4,7,10,14H,2,5-6,8H2,1H3. The van der Waals surface area contributed by atoms with E-state index < -0.39 is 14.9 Å². The van der Waals surface area contributed by atoms with Crippen LogP contribution in [0.5, 0.6) is 0 Å². The van der Waals surface area contributed by atoms with Crippen LogP contribution in [0.3, 0.4) is 0 Å². The van der Waals surface area contributed by atoms with Crippen LogP contribution in [-0.4, -0.2) is 43.3 Å². The van der Waals surface area contributed by atoms with E-state index in [9.17, 15) is 18.5 Å². The van der Waals surface area contributed by atoms with Gasteiger partial charge in [-0.25, -0.2) is 8.42 Å². The van der Waals surface area contributed by atoms with E-state index in [1.807, 2.05) is 0 Å². The van der Waals surface area contributed by atoms with Gasteiger partial charge in [0.05, 0.1) is 9.95 Å². The van der Waals surface area contributed by atoms with E-state index in [1.54, 1.807) is 6.92 Å². The molecular formula is C12H16ClN3O4S. The molecule has 1 atom stereocenters. The lowest BCUT2D eigenvalue weighted by atomic mass is 10.3. The molecule has 0 amide bonds. The summed E-state index contributed by atoms with van der Waals surface area (Å²) in [6, 6.07) is 3.29. The minimum absolute atomic E-state index is 0.0940. The molecule has 0 saturated carbocycles. The van der Waals surface area contributed by atoms with Gasteiger partial charge in [-0.3, -0.25) is 10.1 Å². The fraction of sp³-hybridized carbons (Fsp3) is 0.500. The zero-order valence-corrected chi connectivity index (χ0v) is 13.0.